The fraction of sp³-hybridized carbons (Fsp3) is 0.778. The number of esters is 1. The average Bonchev–Trinajstić information content (AvgIpc) is 3.44. The molecule has 13 heteroatoms. The zero-order valence-electron chi connectivity index (χ0n) is 23.2. The van der Waals surface area contributed by atoms with E-state index < -0.39 is 72.4 Å². The Morgan fingerprint density at radius 1 is 0.975 bits per heavy atom. The lowest BCUT2D eigenvalue weighted by molar-refractivity contribution is -0.158. The Labute approximate surface area is 233 Å². The van der Waals surface area contributed by atoms with Gasteiger partial charge in [0.05, 0.1) is 12.5 Å². The quantitative estimate of drug-likeness (QED) is 0.331. The van der Waals surface area contributed by atoms with Gasteiger partial charge in [0.15, 0.2) is 0 Å². The Balaban J connectivity index is 1.66. The molecule has 0 radical (unpaired) electrons. The van der Waals surface area contributed by atoms with Gasteiger partial charge in [-0.25, -0.2) is 9.59 Å². The number of carbonyl (C=O) groups excluding carboxylic acids is 5. The van der Waals surface area contributed by atoms with E-state index in [1.807, 2.05) is 13.8 Å². The monoisotopic (exact) mass is 563 g/mol. The number of nitrogens with zero attached hydrogens (tertiary/aromatic N) is 2. The molecule has 4 amide bonds. The van der Waals surface area contributed by atoms with E-state index in [1.54, 1.807) is 0 Å². The van der Waals surface area contributed by atoms with Gasteiger partial charge in [0.25, 0.3) is 0 Å². The van der Waals surface area contributed by atoms with Crippen molar-refractivity contribution in [3.63, 3.8) is 0 Å². The molecule has 0 spiro atoms. The summed E-state index contributed by atoms with van der Waals surface area (Å²) in [4.78, 5) is 81.8. The second-order valence-electron chi connectivity index (χ2n) is 11.4. The molecule has 4 aliphatic heterocycles. The molecule has 4 aliphatic rings. The molecular formula is C27H41N5O8. The second kappa shape index (κ2) is 13.0. The SMILES string of the molecule is CCC(C)C1NC(=O)C2CCCCN2C(=O)C2CCCN2C(=O)CC(C(=O)O)NC(=O)C2CC(CCN2)OC1=O. The number of carboxylic acids is 1. The van der Waals surface area contributed by atoms with Crippen LogP contribution in [0.3, 0.4) is 0 Å². The maximum Gasteiger partial charge on any atom is 0.329 e. The molecule has 4 fully saturated rings. The molecule has 0 aliphatic carbocycles. The number of hydrogen-bond acceptors (Lipinski definition) is 8. The largest absolute Gasteiger partial charge is 0.480 e. The molecule has 222 valence electrons. The number of rotatable bonds is 3. The van der Waals surface area contributed by atoms with Gasteiger partial charge in [-0.15, -0.1) is 0 Å². The Hall–Kier alpha value is -3.22. The van der Waals surface area contributed by atoms with Gasteiger partial charge in [-0.1, -0.05) is 20.3 Å². The Morgan fingerprint density at radius 2 is 1.70 bits per heavy atom. The van der Waals surface area contributed by atoms with Crippen LogP contribution in [-0.2, 0) is 33.5 Å². The zero-order chi connectivity index (χ0) is 29.0. The minimum atomic E-state index is -1.48. The number of hydrogen-bond donors (Lipinski definition) is 4. The molecule has 4 N–H and O–H groups in total. The number of carboxylic acid groups (broad SMARTS) is 1. The minimum absolute atomic E-state index is 0.123. The van der Waals surface area contributed by atoms with Gasteiger partial charge < -0.3 is 35.6 Å². The maximum absolute atomic E-state index is 13.7. The van der Waals surface area contributed by atoms with Crippen LogP contribution >= 0.6 is 0 Å². The van der Waals surface area contributed by atoms with Crippen LogP contribution in [0.1, 0.15) is 71.6 Å². The van der Waals surface area contributed by atoms with Gasteiger partial charge in [-0.2, -0.15) is 0 Å². The lowest BCUT2D eigenvalue weighted by atomic mass is 9.95. The highest BCUT2D eigenvalue weighted by molar-refractivity contribution is 5.95. The minimum Gasteiger partial charge on any atom is -0.480 e. The van der Waals surface area contributed by atoms with Crippen LogP contribution in [0.15, 0.2) is 0 Å². The molecule has 0 aromatic rings. The van der Waals surface area contributed by atoms with E-state index >= 15 is 0 Å². The summed E-state index contributed by atoms with van der Waals surface area (Å²) in [7, 11) is 0. The van der Waals surface area contributed by atoms with Crippen molar-refractivity contribution in [2.45, 2.75) is 108 Å². The molecule has 7 unspecified atom stereocenters. The third-order valence-electron chi connectivity index (χ3n) is 8.66. The van der Waals surface area contributed by atoms with Crippen molar-refractivity contribution in [2.24, 2.45) is 5.92 Å². The van der Waals surface area contributed by atoms with Crippen LogP contribution in [-0.4, -0.2) is 106 Å². The molecule has 40 heavy (non-hydrogen) atoms. The number of ether oxygens (including phenoxy) is 1. The molecule has 2 bridgehead atoms. The highest BCUT2D eigenvalue weighted by Gasteiger charge is 2.43. The standard InChI is InChI=1S/C27H41N5O8/c1-3-15(2)22-27(39)40-16-9-10-28-17(13-16)23(34)29-18(26(37)38)14-21(33)31-12-6-8-20(31)25(36)32-11-5-4-7-19(32)24(35)30-22/h15-20,22,28H,3-14H2,1-2H3,(H,29,34)(H,30,35)(H,37,38). The first-order valence-electron chi connectivity index (χ1n) is 14.5. The van der Waals surface area contributed by atoms with Crippen molar-refractivity contribution in [3.8, 4) is 0 Å². The van der Waals surface area contributed by atoms with E-state index in [-0.39, 0.29) is 24.8 Å². The number of amides is 4. The topological polar surface area (TPSA) is 174 Å². The third kappa shape index (κ3) is 6.56. The lowest BCUT2D eigenvalue weighted by Gasteiger charge is -2.39. The number of carbonyl (C=O) groups is 6. The van der Waals surface area contributed by atoms with Crippen molar-refractivity contribution in [1.82, 2.24) is 25.8 Å². The molecule has 0 saturated carbocycles. The molecular weight excluding hydrogens is 522 g/mol. The van der Waals surface area contributed by atoms with E-state index in [2.05, 4.69) is 16.0 Å². The van der Waals surface area contributed by atoms with E-state index in [9.17, 15) is 33.9 Å². The van der Waals surface area contributed by atoms with E-state index in [0.29, 0.717) is 51.6 Å². The average molecular weight is 564 g/mol. The molecule has 4 rings (SSSR count). The molecule has 4 saturated heterocycles. The molecule has 7 atom stereocenters. The van der Waals surface area contributed by atoms with Gasteiger partial charge in [-0.05, 0) is 51.0 Å². The van der Waals surface area contributed by atoms with Crippen LogP contribution in [0.2, 0.25) is 0 Å². The van der Waals surface area contributed by atoms with Crippen LogP contribution in [0.25, 0.3) is 0 Å². The van der Waals surface area contributed by atoms with Gasteiger partial charge in [0.1, 0.15) is 30.3 Å². The van der Waals surface area contributed by atoms with E-state index in [0.717, 1.165) is 6.42 Å². The predicted molar refractivity (Wildman–Crippen MR) is 141 cm³/mol. The Morgan fingerprint density at radius 3 is 2.42 bits per heavy atom. The van der Waals surface area contributed by atoms with Crippen molar-refractivity contribution in [1.29, 1.82) is 0 Å². The molecule has 13 nitrogen and oxygen atoms in total. The predicted octanol–water partition coefficient (Wildman–Crippen LogP) is -0.474. The van der Waals surface area contributed by atoms with Crippen molar-refractivity contribution in [3.05, 3.63) is 0 Å². The summed E-state index contributed by atoms with van der Waals surface area (Å²) in [5.41, 5.74) is 0. The molecule has 0 aromatic heterocycles. The lowest BCUT2D eigenvalue weighted by Crippen LogP contribution is -2.60. The highest BCUT2D eigenvalue weighted by atomic mass is 16.5. The fourth-order valence-electron chi connectivity index (χ4n) is 6.09. The summed E-state index contributed by atoms with van der Waals surface area (Å²) < 4.78 is 5.77. The van der Waals surface area contributed by atoms with Crippen LogP contribution in [0.4, 0.5) is 0 Å². The zero-order valence-corrected chi connectivity index (χ0v) is 23.2. The summed E-state index contributed by atoms with van der Waals surface area (Å²) >= 11 is 0. The number of piperidine rings is 2. The van der Waals surface area contributed by atoms with Crippen molar-refractivity contribution < 1.29 is 38.6 Å². The van der Waals surface area contributed by atoms with Gasteiger partial charge in [0, 0.05) is 19.5 Å². The number of aliphatic carboxylic acids is 1. The fourth-order valence-corrected chi connectivity index (χ4v) is 6.09. The van der Waals surface area contributed by atoms with Crippen molar-refractivity contribution in [2.75, 3.05) is 19.6 Å². The summed E-state index contributed by atoms with van der Waals surface area (Å²) in [6.07, 6.45) is 2.88. The molecule has 4 heterocycles. The second-order valence-corrected chi connectivity index (χ2v) is 11.4. The van der Waals surface area contributed by atoms with E-state index in [4.69, 9.17) is 4.74 Å². The first-order chi connectivity index (χ1) is 19.1. The summed E-state index contributed by atoms with van der Waals surface area (Å²) in [6.45, 7) is 4.74. The summed E-state index contributed by atoms with van der Waals surface area (Å²) in [5, 5.41) is 18.1. The maximum atomic E-state index is 13.7. The van der Waals surface area contributed by atoms with Crippen LogP contribution in [0.5, 0.6) is 0 Å². The van der Waals surface area contributed by atoms with Crippen LogP contribution in [0, 0.1) is 5.92 Å². The van der Waals surface area contributed by atoms with Gasteiger partial charge in [0.2, 0.25) is 23.6 Å². The Kier molecular flexibility index (Phi) is 9.64. The summed E-state index contributed by atoms with van der Waals surface area (Å²) in [6, 6.07) is -4.84. The first kappa shape index (κ1) is 29.8. The summed E-state index contributed by atoms with van der Waals surface area (Å²) in [5.74, 6) is -4.14. The molecule has 0 aromatic carbocycles. The normalized spacial score (nSPS) is 33.5. The Bertz CT molecular complexity index is 1020. The highest BCUT2D eigenvalue weighted by Crippen LogP contribution is 2.26. The van der Waals surface area contributed by atoms with Crippen LogP contribution < -0.4 is 16.0 Å². The van der Waals surface area contributed by atoms with Gasteiger partial charge >= 0.3 is 11.9 Å². The smallest absolute Gasteiger partial charge is 0.329 e. The van der Waals surface area contributed by atoms with Crippen molar-refractivity contribution >= 4 is 35.6 Å². The number of nitrogens with one attached hydrogen (secondary N) is 3. The third-order valence-corrected chi connectivity index (χ3v) is 8.66. The number of fused-ring (bicyclic) bond motifs is 4. The van der Waals surface area contributed by atoms with E-state index in [1.165, 1.54) is 9.80 Å². The first-order valence-corrected chi connectivity index (χ1v) is 14.5. The van der Waals surface area contributed by atoms with Gasteiger partial charge in [-0.3, -0.25) is 19.2 Å².